The van der Waals surface area contributed by atoms with Crippen LogP contribution in [-0.2, 0) is 11.2 Å². The lowest BCUT2D eigenvalue weighted by Gasteiger charge is -2.16. The fraction of sp³-hybridized carbons (Fsp3) is 0.471. The molecule has 0 radical (unpaired) electrons. The van der Waals surface area contributed by atoms with Crippen molar-refractivity contribution in [3.63, 3.8) is 0 Å². The van der Waals surface area contributed by atoms with E-state index in [1.54, 1.807) is 0 Å². The zero-order chi connectivity index (χ0) is 17.5. The second-order valence-electron chi connectivity index (χ2n) is 5.94. The Hall–Kier alpha value is -1.60. The Kier molecular flexibility index (Phi) is 7.05. The fourth-order valence-electron chi connectivity index (χ4n) is 1.86. The van der Waals surface area contributed by atoms with Crippen molar-refractivity contribution in [3.05, 3.63) is 29.8 Å². The highest BCUT2D eigenvalue weighted by atomic mass is 32.2. The van der Waals surface area contributed by atoms with Gasteiger partial charge in [0.15, 0.2) is 4.34 Å². The van der Waals surface area contributed by atoms with E-state index in [4.69, 9.17) is 0 Å². The van der Waals surface area contributed by atoms with E-state index in [0.717, 1.165) is 21.6 Å². The van der Waals surface area contributed by atoms with E-state index in [9.17, 15) is 4.79 Å². The summed E-state index contributed by atoms with van der Waals surface area (Å²) in [4.78, 5) is 11.9. The Bertz CT molecular complexity index is 655. The van der Waals surface area contributed by atoms with Gasteiger partial charge in [-0.1, -0.05) is 56.0 Å². The number of anilines is 2. The van der Waals surface area contributed by atoms with Gasteiger partial charge in [-0.15, -0.1) is 10.2 Å². The third-order valence-corrected chi connectivity index (χ3v) is 5.71. The van der Waals surface area contributed by atoms with Crippen molar-refractivity contribution >= 4 is 39.8 Å². The molecule has 1 aromatic heterocycles. The molecule has 5 nitrogen and oxygen atoms in total. The van der Waals surface area contributed by atoms with Crippen molar-refractivity contribution in [3.8, 4) is 0 Å². The van der Waals surface area contributed by atoms with Gasteiger partial charge in [0.25, 0.3) is 0 Å². The first kappa shape index (κ1) is 18.7. The zero-order valence-electron chi connectivity index (χ0n) is 14.5. The number of benzene rings is 1. The van der Waals surface area contributed by atoms with Crippen molar-refractivity contribution in [2.24, 2.45) is 5.92 Å². The van der Waals surface area contributed by atoms with E-state index >= 15 is 0 Å². The second-order valence-corrected chi connectivity index (χ2v) is 8.14. The van der Waals surface area contributed by atoms with E-state index in [2.05, 4.69) is 53.7 Å². The van der Waals surface area contributed by atoms with Crippen LogP contribution in [0.5, 0.6) is 0 Å². The molecule has 1 aromatic carbocycles. The third kappa shape index (κ3) is 5.79. The maximum atomic E-state index is 11.9. The summed E-state index contributed by atoms with van der Waals surface area (Å²) in [6.07, 6.45) is 1.03. The number of hydrogen-bond donors (Lipinski definition) is 2. The Morgan fingerprint density at radius 1 is 1.21 bits per heavy atom. The van der Waals surface area contributed by atoms with Crippen LogP contribution in [0.4, 0.5) is 10.8 Å². The van der Waals surface area contributed by atoms with Crippen LogP contribution >= 0.6 is 23.1 Å². The van der Waals surface area contributed by atoms with Gasteiger partial charge < -0.3 is 10.6 Å². The van der Waals surface area contributed by atoms with Crippen LogP contribution in [0.1, 0.15) is 33.3 Å². The van der Waals surface area contributed by atoms with Gasteiger partial charge in [-0.05, 0) is 37.0 Å². The molecule has 0 aliphatic carbocycles. The standard InChI is InChI=1S/C17H24N4OS2/c1-5-13-6-8-14(9-7-13)19-16-20-21-17(24-16)23-10-15(22)18-12(4)11(2)3/h6-9,11-12H,5,10H2,1-4H3,(H,18,22)(H,19,20)/t12-/m0/s1. The molecular formula is C17H24N4OS2. The molecule has 0 aliphatic rings. The molecule has 24 heavy (non-hydrogen) atoms. The fourth-order valence-corrected chi connectivity index (χ4v) is 3.44. The number of nitrogens with one attached hydrogen (secondary N) is 2. The average Bonchev–Trinajstić information content (AvgIpc) is 3.01. The first-order chi connectivity index (χ1) is 11.5. The van der Waals surface area contributed by atoms with Crippen molar-refractivity contribution in [1.82, 2.24) is 15.5 Å². The van der Waals surface area contributed by atoms with Gasteiger partial charge in [-0.25, -0.2) is 0 Å². The molecule has 130 valence electrons. The van der Waals surface area contributed by atoms with Crippen LogP contribution in [0.2, 0.25) is 0 Å². The minimum Gasteiger partial charge on any atom is -0.353 e. The van der Waals surface area contributed by atoms with Crippen molar-refractivity contribution in [2.45, 2.75) is 44.5 Å². The van der Waals surface area contributed by atoms with Gasteiger partial charge in [0.2, 0.25) is 11.0 Å². The summed E-state index contributed by atoms with van der Waals surface area (Å²) >= 11 is 2.87. The predicted octanol–water partition coefficient (Wildman–Crippen LogP) is 4.10. The maximum Gasteiger partial charge on any atom is 0.230 e. The van der Waals surface area contributed by atoms with Crippen LogP contribution < -0.4 is 10.6 Å². The molecule has 0 spiro atoms. The lowest BCUT2D eigenvalue weighted by Crippen LogP contribution is -2.37. The van der Waals surface area contributed by atoms with Crippen molar-refractivity contribution in [1.29, 1.82) is 0 Å². The van der Waals surface area contributed by atoms with Crippen molar-refractivity contribution < 1.29 is 4.79 Å². The largest absolute Gasteiger partial charge is 0.353 e. The summed E-state index contributed by atoms with van der Waals surface area (Å²) in [7, 11) is 0. The van der Waals surface area contributed by atoms with Crippen LogP contribution in [0.25, 0.3) is 0 Å². The monoisotopic (exact) mass is 364 g/mol. The molecule has 0 fully saturated rings. The van der Waals surface area contributed by atoms with Crippen LogP contribution in [0, 0.1) is 5.92 Å². The molecule has 0 saturated carbocycles. The van der Waals surface area contributed by atoms with E-state index in [-0.39, 0.29) is 11.9 Å². The van der Waals surface area contributed by atoms with Crippen LogP contribution in [0.3, 0.4) is 0 Å². The minimum absolute atomic E-state index is 0.0288. The first-order valence-electron chi connectivity index (χ1n) is 8.09. The predicted molar refractivity (Wildman–Crippen MR) is 102 cm³/mol. The van der Waals surface area contributed by atoms with Gasteiger partial charge in [-0.2, -0.15) is 0 Å². The Balaban J connectivity index is 1.83. The SMILES string of the molecule is CCc1ccc(Nc2nnc(SCC(=O)N[C@@H](C)C(C)C)s2)cc1. The normalized spacial score (nSPS) is 12.2. The molecule has 1 atom stereocenters. The second kappa shape index (κ2) is 9.03. The molecule has 1 amide bonds. The molecule has 0 unspecified atom stereocenters. The number of nitrogens with zero attached hydrogens (tertiary/aromatic N) is 2. The molecule has 1 heterocycles. The third-order valence-electron chi connectivity index (χ3n) is 3.74. The van der Waals surface area contributed by atoms with Gasteiger partial charge in [0, 0.05) is 11.7 Å². The zero-order valence-corrected chi connectivity index (χ0v) is 16.1. The van der Waals surface area contributed by atoms with Crippen LogP contribution in [0.15, 0.2) is 28.6 Å². The molecule has 7 heteroatoms. The van der Waals surface area contributed by atoms with Gasteiger partial charge >= 0.3 is 0 Å². The Morgan fingerprint density at radius 2 is 1.92 bits per heavy atom. The molecule has 2 rings (SSSR count). The molecule has 0 saturated heterocycles. The van der Waals surface area contributed by atoms with E-state index in [0.29, 0.717) is 11.7 Å². The summed E-state index contributed by atoms with van der Waals surface area (Å²) in [6, 6.07) is 8.44. The topological polar surface area (TPSA) is 66.9 Å². The number of carbonyl (C=O) groups excluding carboxylic acids is 1. The van der Waals surface area contributed by atoms with E-state index in [1.165, 1.54) is 28.7 Å². The summed E-state index contributed by atoms with van der Waals surface area (Å²) < 4.78 is 0.787. The number of hydrogen-bond acceptors (Lipinski definition) is 6. The number of aromatic nitrogens is 2. The highest BCUT2D eigenvalue weighted by molar-refractivity contribution is 8.01. The highest BCUT2D eigenvalue weighted by Crippen LogP contribution is 2.27. The summed E-state index contributed by atoms with van der Waals surface area (Å²) in [5, 5.41) is 15.2. The minimum atomic E-state index is 0.0288. The Morgan fingerprint density at radius 3 is 2.54 bits per heavy atom. The molecular weight excluding hydrogens is 340 g/mol. The van der Waals surface area contributed by atoms with Crippen LogP contribution in [-0.4, -0.2) is 27.9 Å². The van der Waals surface area contributed by atoms with E-state index < -0.39 is 0 Å². The maximum absolute atomic E-state index is 11.9. The molecule has 0 bridgehead atoms. The lowest BCUT2D eigenvalue weighted by atomic mass is 10.1. The number of aryl methyl sites for hydroxylation is 1. The quantitative estimate of drug-likeness (QED) is 0.690. The van der Waals surface area contributed by atoms with Crippen molar-refractivity contribution in [2.75, 3.05) is 11.1 Å². The summed E-state index contributed by atoms with van der Waals surface area (Å²) in [6.45, 7) is 8.33. The Labute approximate surface area is 151 Å². The number of amides is 1. The lowest BCUT2D eigenvalue weighted by molar-refractivity contribution is -0.119. The molecule has 0 aliphatic heterocycles. The van der Waals surface area contributed by atoms with Gasteiger partial charge in [0.05, 0.1) is 5.75 Å². The smallest absolute Gasteiger partial charge is 0.230 e. The highest BCUT2D eigenvalue weighted by Gasteiger charge is 2.12. The van der Waals surface area contributed by atoms with Gasteiger partial charge in [-0.3, -0.25) is 4.79 Å². The summed E-state index contributed by atoms with van der Waals surface area (Å²) in [5.74, 6) is 0.813. The first-order valence-corrected chi connectivity index (χ1v) is 9.89. The number of thioether (sulfide) groups is 1. The average molecular weight is 365 g/mol. The number of rotatable bonds is 8. The molecule has 2 aromatic rings. The number of carbonyl (C=O) groups is 1. The van der Waals surface area contributed by atoms with E-state index in [1.807, 2.05) is 19.1 Å². The summed E-state index contributed by atoms with van der Waals surface area (Å²) in [5.41, 5.74) is 2.29. The molecule has 2 N–H and O–H groups in total. The van der Waals surface area contributed by atoms with Gasteiger partial charge in [0.1, 0.15) is 0 Å².